The van der Waals surface area contributed by atoms with E-state index in [2.05, 4.69) is 16.2 Å². The third-order valence-corrected chi connectivity index (χ3v) is 6.46. The largest absolute Gasteiger partial charge is 0.351 e. The van der Waals surface area contributed by atoms with Gasteiger partial charge in [-0.15, -0.1) is 11.3 Å². The Hall–Kier alpha value is -2.76. The first kappa shape index (κ1) is 21.5. The fourth-order valence-electron chi connectivity index (χ4n) is 2.06. The third-order valence-electron chi connectivity index (χ3n) is 3.56. The van der Waals surface area contributed by atoms with E-state index in [0.717, 1.165) is 9.18 Å². The lowest BCUT2D eigenvalue weighted by atomic mass is 10.2. The van der Waals surface area contributed by atoms with E-state index in [1.807, 2.05) is 0 Å². The molecule has 28 heavy (non-hydrogen) atoms. The number of nitrogens with zero attached hydrogens (tertiary/aromatic N) is 1. The van der Waals surface area contributed by atoms with Crippen LogP contribution in [0.5, 0.6) is 0 Å². The Morgan fingerprint density at radius 3 is 2.36 bits per heavy atom. The maximum Gasteiger partial charge on any atom is 0.279 e. The number of amides is 3. The Bertz CT molecular complexity index is 998. The number of sulfonamides is 1. The molecule has 0 unspecified atom stereocenters. The van der Waals surface area contributed by atoms with Crippen molar-refractivity contribution in [1.82, 2.24) is 20.5 Å². The quantitative estimate of drug-likeness (QED) is 0.589. The number of hydrogen-bond acceptors (Lipinski definition) is 6. The highest BCUT2D eigenvalue weighted by atomic mass is 32.2. The van der Waals surface area contributed by atoms with E-state index >= 15 is 0 Å². The van der Waals surface area contributed by atoms with Gasteiger partial charge in [0, 0.05) is 31.5 Å². The highest BCUT2D eigenvalue weighted by molar-refractivity contribution is 7.89. The molecule has 3 N–H and O–H groups in total. The number of carbonyl (C=O) groups excluding carboxylic acids is 3. The molecule has 3 amide bonds. The van der Waals surface area contributed by atoms with Crippen LogP contribution in [0.1, 0.15) is 31.8 Å². The molecule has 2 aromatic rings. The van der Waals surface area contributed by atoms with Gasteiger partial charge < -0.3 is 5.32 Å². The molecule has 0 aliphatic rings. The zero-order valence-electron chi connectivity index (χ0n) is 15.5. The SMILES string of the molecule is CC(=O)NCc1ccc(C(=O)NNC(=O)c2cccc(S(=O)(=O)N(C)C)c2)s1. The van der Waals surface area contributed by atoms with E-state index in [4.69, 9.17) is 0 Å². The standard InChI is InChI=1S/C17H20N4O5S2/c1-11(22)18-10-13-7-8-15(27-13)17(24)20-19-16(23)12-5-4-6-14(9-12)28(25,26)21(2)3/h4-9H,10H2,1-3H3,(H,18,22)(H,19,23)(H,20,24). The first-order valence-electron chi connectivity index (χ1n) is 8.07. The highest BCUT2D eigenvalue weighted by Gasteiger charge is 2.19. The fourth-order valence-corrected chi connectivity index (χ4v) is 3.85. The summed E-state index contributed by atoms with van der Waals surface area (Å²) >= 11 is 1.18. The normalized spacial score (nSPS) is 11.1. The maximum absolute atomic E-state index is 12.2. The topological polar surface area (TPSA) is 125 Å². The number of hydrogen-bond donors (Lipinski definition) is 3. The van der Waals surface area contributed by atoms with Gasteiger partial charge in [0.25, 0.3) is 11.8 Å². The second kappa shape index (κ2) is 8.95. The summed E-state index contributed by atoms with van der Waals surface area (Å²) in [6.07, 6.45) is 0. The summed E-state index contributed by atoms with van der Waals surface area (Å²) in [6, 6.07) is 8.77. The molecule has 0 aliphatic carbocycles. The Balaban J connectivity index is 2.00. The number of carbonyl (C=O) groups is 3. The molecule has 0 saturated heterocycles. The van der Waals surface area contributed by atoms with E-state index in [9.17, 15) is 22.8 Å². The molecule has 0 atom stereocenters. The van der Waals surface area contributed by atoms with E-state index in [1.165, 1.54) is 56.6 Å². The molecule has 1 aromatic carbocycles. The molecule has 0 aliphatic heterocycles. The number of nitrogens with one attached hydrogen (secondary N) is 3. The Labute approximate surface area is 166 Å². The van der Waals surface area contributed by atoms with Crippen molar-refractivity contribution in [3.8, 4) is 0 Å². The monoisotopic (exact) mass is 424 g/mol. The molecular formula is C17H20N4O5S2. The zero-order chi connectivity index (χ0) is 20.9. The van der Waals surface area contributed by atoms with Gasteiger partial charge in [-0.25, -0.2) is 12.7 Å². The average molecular weight is 425 g/mol. The molecule has 1 aromatic heterocycles. The van der Waals surface area contributed by atoms with Crippen molar-refractivity contribution in [3.05, 3.63) is 51.7 Å². The molecular weight excluding hydrogens is 404 g/mol. The van der Waals surface area contributed by atoms with Crippen molar-refractivity contribution in [2.45, 2.75) is 18.4 Å². The second-order valence-electron chi connectivity index (χ2n) is 5.90. The third kappa shape index (κ3) is 5.38. The van der Waals surface area contributed by atoms with E-state index in [-0.39, 0.29) is 16.4 Å². The van der Waals surface area contributed by atoms with Crippen LogP contribution in [0.2, 0.25) is 0 Å². The Kier molecular flexibility index (Phi) is 6.89. The number of thiophene rings is 1. The minimum Gasteiger partial charge on any atom is -0.351 e. The Morgan fingerprint density at radius 1 is 1.04 bits per heavy atom. The van der Waals surface area contributed by atoms with Crippen molar-refractivity contribution in [3.63, 3.8) is 0 Å². The lowest BCUT2D eigenvalue weighted by molar-refractivity contribution is -0.119. The smallest absolute Gasteiger partial charge is 0.279 e. The minimum atomic E-state index is -3.68. The summed E-state index contributed by atoms with van der Waals surface area (Å²) in [5.74, 6) is -1.35. The first-order chi connectivity index (χ1) is 13.1. The molecule has 0 spiro atoms. The predicted octanol–water partition coefficient (Wildman–Crippen LogP) is 0.709. The van der Waals surface area contributed by atoms with Crippen LogP contribution in [0.3, 0.4) is 0 Å². The fraction of sp³-hybridized carbons (Fsp3) is 0.235. The molecule has 0 radical (unpaired) electrons. The molecule has 11 heteroatoms. The Morgan fingerprint density at radius 2 is 1.71 bits per heavy atom. The van der Waals surface area contributed by atoms with Gasteiger partial charge in [-0.3, -0.25) is 25.2 Å². The van der Waals surface area contributed by atoms with Crippen LogP contribution in [0.25, 0.3) is 0 Å². The van der Waals surface area contributed by atoms with E-state index in [1.54, 1.807) is 12.1 Å². The summed E-state index contributed by atoms with van der Waals surface area (Å²) < 4.78 is 25.4. The van der Waals surface area contributed by atoms with E-state index < -0.39 is 21.8 Å². The molecule has 150 valence electrons. The molecule has 0 fully saturated rings. The molecule has 0 bridgehead atoms. The van der Waals surface area contributed by atoms with Gasteiger partial charge in [0.05, 0.1) is 16.3 Å². The average Bonchev–Trinajstić information content (AvgIpc) is 3.13. The molecule has 9 nitrogen and oxygen atoms in total. The van der Waals surface area contributed by atoms with Crippen LogP contribution in [0.15, 0.2) is 41.3 Å². The highest BCUT2D eigenvalue weighted by Crippen LogP contribution is 2.16. The summed E-state index contributed by atoms with van der Waals surface area (Å²) in [6.45, 7) is 1.71. The van der Waals surface area contributed by atoms with Crippen LogP contribution in [0.4, 0.5) is 0 Å². The van der Waals surface area contributed by atoms with Gasteiger partial charge in [-0.1, -0.05) is 6.07 Å². The van der Waals surface area contributed by atoms with Crippen LogP contribution >= 0.6 is 11.3 Å². The molecule has 1 heterocycles. The molecule has 0 saturated carbocycles. The van der Waals surface area contributed by atoms with Crippen LogP contribution in [0, 0.1) is 0 Å². The summed E-state index contributed by atoms with van der Waals surface area (Å²) in [7, 11) is -0.894. The van der Waals surface area contributed by atoms with Crippen LogP contribution < -0.4 is 16.2 Å². The zero-order valence-corrected chi connectivity index (χ0v) is 17.1. The van der Waals surface area contributed by atoms with Gasteiger partial charge in [-0.05, 0) is 30.3 Å². The van der Waals surface area contributed by atoms with Crippen molar-refractivity contribution in [1.29, 1.82) is 0 Å². The van der Waals surface area contributed by atoms with Gasteiger partial charge in [-0.2, -0.15) is 0 Å². The first-order valence-corrected chi connectivity index (χ1v) is 10.3. The van der Waals surface area contributed by atoms with Gasteiger partial charge >= 0.3 is 0 Å². The van der Waals surface area contributed by atoms with Crippen molar-refractivity contribution in [2.75, 3.05) is 14.1 Å². The number of rotatable bonds is 6. The van der Waals surface area contributed by atoms with Gasteiger partial charge in [0.1, 0.15) is 0 Å². The predicted molar refractivity (Wildman–Crippen MR) is 104 cm³/mol. The van der Waals surface area contributed by atoms with Gasteiger partial charge in [0.15, 0.2) is 0 Å². The summed E-state index contributed by atoms with van der Waals surface area (Å²) in [5, 5.41) is 2.63. The summed E-state index contributed by atoms with van der Waals surface area (Å²) in [5.41, 5.74) is 4.62. The maximum atomic E-state index is 12.2. The van der Waals surface area contributed by atoms with Crippen molar-refractivity contribution >= 4 is 39.1 Å². The number of benzene rings is 1. The minimum absolute atomic E-state index is 0.0302. The summed E-state index contributed by atoms with van der Waals surface area (Å²) in [4.78, 5) is 36.4. The van der Waals surface area contributed by atoms with Crippen LogP contribution in [-0.4, -0.2) is 44.5 Å². The van der Waals surface area contributed by atoms with Crippen molar-refractivity contribution < 1.29 is 22.8 Å². The van der Waals surface area contributed by atoms with Crippen molar-refractivity contribution in [2.24, 2.45) is 0 Å². The lowest BCUT2D eigenvalue weighted by Gasteiger charge is -2.12. The van der Waals surface area contributed by atoms with Crippen LogP contribution in [-0.2, 0) is 21.4 Å². The van der Waals surface area contributed by atoms with E-state index in [0.29, 0.717) is 11.4 Å². The second-order valence-corrected chi connectivity index (χ2v) is 9.22. The lowest BCUT2D eigenvalue weighted by Crippen LogP contribution is -2.41. The molecule has 2 rings (SSSR count). The van der Waals surface area contributed by atoms with Gasteiger partial charge in [0.2, 0.25) is 15.9 Å². The number of hydrazine groups is 1.